The number of aromatic nitrogens is 1. The minimum Gasteiger partial charge on any atom is -0.494 e. The van der Waals surface area contributed by atoms with E-state index < -0.39 is 0 Å². The summed E-state index contributed by atoms with van der Waals surface area (Å²) >= 11 is 0. The monoisotopic (exact) mass is 364 g/mol. The molecule has 4 rings (SSSR count). The van der Waals surface area contributed by atoms with E-state index in [2.05, 4.69) is 47.8 Å². The summed E-state index contributed by atoms with van der Waals surface area (Å²) in [6, 6.07) is 11.8. The zero-order valence-corrected chi connectivity index (χ0v) is 16.3. The fourth-order valence-electron chi connectivity index (χ4n) is 3.97. The Hall–Kier alpha value is -2.59. The Kier molecular flexibility index (Phi) is 4.52. The van der Waals surface area contributed by atoms with Gasteiger partial charge in [-0.2, -0.15) is 0 Å². The van der Waals surface area contributed by atoms with E-state index >= 15 is 0 Å². The van der Waals surface area contributed by atoms with E-state index in [-0.39, 0.29) is 11.6 Å². The molecule has 1 aromatic heterocycles. The molecule has 0 unspecified atom stereocenters. The van der Waals surface area contributed by atoms with E-state index in [1.165, 1.54) is 34.8 Å². The summed E-state index contributed by atoms with van der Waals surface area (Å²) in [5, 5.41) is 1.32. The highest BCUT2D eigenvalue weighted by molar-refractivity contribution is 5.90. The van der Waals surface area contributed by atoms with Crippen LogP contribution >= 0.6 is 0 Å². The zero-order valence-electron chi connectivity index (χ0n) is 16.3. The van der Waals surface area contributed by atoms with Crippen LogP contribution in [-0.4, -0.2) is 30.2 Å². The third-order valence-electron chi connectivity index (χ3n) is 5.46. The molecular weight excluding hydrogens is 339 g/mol. The first kappa shape index (κ1) is 17.8. The lowest BCUT2D eigenvalue weighted by molar-refractivity contribution is 0.312. The normalized spacial score (nSPS) is 15.2. The molecule has 0 fully saturated rings. The average molecular weight is 364 g/mol. The lowest BCUT2D eigenvalue weighted by atomic mass is 10.0. The van der Waals surface area contributed by atoms with Gasteiger partial charge in [0.05, 0.1) is 12.6 Å². The maximum atomic E-state index is 14.1. The fourth-order valence-corrected chi connectivity index (χ4v) is 3.97. The van der Waals surface area contributed by atoms with Crippen LogP contribution in [0.15, 0.2) is 36.4 Å². The van der Waals surface area contributed by atoms with Gasteiger partial charge in [0.15, 0.2) is 11.6 Å². The number of benzene rings is 2. The summed E-state index contributed by atoms with van der Waals surface area (Å²) in [5.41, 5.74) is 7.15. The quantitative estimate of drug-likeness (QED) is 0.643. The first-order chi connectivity index (χ1) is 13.0. The van der Waals surface area contributed by atoms with Gasteiger partial charge in [0.2, 0.25) is 0 Å². The number of hydrogen-bond donors (Lipinski definition) is 0. The van der Waals surface area contributed by atoms with Crippen molar-refractivity contribution in [3.63, 3.8) is 0 Å². The Morgan fingerprint density at radius 1 is 1.19 bits per heavy atom. The molecule has 1 aliphatic rings. The van der Waals surface area contributed by atoms with Crippen LogP contribution in [0.4, 0.5) is 4.39 Å². The standard InChI is InChI=1S/C23H25FN2O/c1-15-5-7-21-18(11-15)19-14-25(3)10-9-22(19)26(21)13-16(2)17-6-8-23(27-4)20(24)12-17/h5-8,11-13H,9-10,14H2,1-4H3. The minimum absolute atomic E-state index is 0.272. The van der Waals surface area contributed by atoms with Crippen molar-refractivity contribution in [2.75, 3.05) is 20.7 Å². The van der Waals surface area contributed by atoms with E-state index in [0.717, 1.165) is 30.6 Å². The average Bonchev–Trinajstić information content (AvgIpc) is 2.94. The van der Waals surface area contributed by atoms with E-state index in [4.69, 9.17) is 4.74 Å². The SMILES string of the molecule is COc1ccc(C(C)=Cn2c3c(c4cc(C)ccc42)CN(C)CC3)cc1F. The van der Waals surface area contributed by atoms with Gasteiger partial charge in [-0.25, -0.2) is 4.39 Å². The molecule has 0 atom stereocenters. The van der Waals surface area contributed by atoms with Gasteiger partial charge in [0.25, 0.3) is 0 Å². The number of halogens is 1. The molecule has 0 radical (unpaired) electrons. The van der Waals surface area contributed by atoms with Gasteiger partial charge in [-0.1, -0.05) is 17.7 Å². The molecule has 140 valence electrons. The topological polar surface area (TPSA) is 17.4 Å². The van der Waals surface area contributed by atoms with Crippen molar-refractivity contribution in [2.24, 2.45) is 0 Å². The summed E-state index contributed by atoms with van der Waals surface area (Å²) < 4.78 is 21.5. The number of allylic oxidation sites excluding steroid dienone is 1. The minimum atomic E-state index is -0.334. The number of hydrogen-bond acceptors (Lipinski definition) is 2. The lowest BCUT2D eigenvalue weighted by Gasteiger charge is -2.23. The number of rotatable bonds is 3. The van der Waals surface area contributed by atoms with Crippen molar-refractivity contribution in [2.45, 2.75) is 26.8 Å². The van der Waals surface area contributed by atoms with Crippen LogP contribution in [0.3, 0.4) is 0 Å². The second-order valence-corrected chi connectivity index (χ2v) is 7.47. The summed E-state index contributed by atoms with van der Waals surface area (Å²) in [4.78, 5) is 2.36. The van der Waals surface area contributed by atoms with Crippen LogP contribution in [0.25, 0.3) is 22.7 Å². The van der Waals surface area contributed by atoms with Gasteiger partial charge in [-0.15, -0.1) is 0 Å². The second-order valence-electron chi connectivity index (χ2n) is 7.47. The molecule has 2 aromatic carbocycles. The summed E-state index contributed by atoms with van der Waals surface area (Å²) in [6.07, 6.45) is 3.16. The zero-order chi connectivity index (χ0) is 19.1. The number of likely N-dealkylation sites (N-methyl/N-ethyl adjacent to an activating group) is 1. The van der Waals surface area contributed by atoms with Gasteiger partial charge in [0, 0.05) is 36.8 Å². The molecule has 3 nitrogen and oxygen atoms in total. The van der Waals surface area contributed by atoms with Crippen molar-refractivity contribution >= 4 is 22.7 Å². The molecule has 0 bridgehead atoms. The maximum Gasteiger partial charge on any atom is 0.165 e. The van der Waals surface area contributed by atoms with Crippen molar-refractivity contribution in [3.8, 4) is 5.75 Å². The van der Waals surface area contributed by atoms with Crippen LogP contribution in [0.2, 0.25) is 0 Å². The molecule has 0 saturated carbocycles. The largest absolute Gasteiger partial charge is 0.494 e. The van der Waals surface area contributed by atoms with Crippen molar-refractivity contribution in [1.82, 2.24) is 9.47 Å². The Balaban J connectivity index is 1.86. The van der Waals surface area contributed by atoms with Crippen molar-refractivity contribution in [1.29, 1.82) is 0 Å². The van der Waals surface area contributed by atoms with Crippen LogP contribution in [-0.2, 0) is 13.0 Å². The van der Waals surface area contributed by atoms with E-state index in [9.17, 15) is 4.39 Å². The maximum absolute atomic E-state index is 14.1. The summed E-state index contributed by atoms with van der Waals surface area (Å²) in [6.45, 7) is 6.18. The first-order valence-electron chi connectivity index (χ1n) is 9.31. The Labute approximate surface area is 159 Å². The van der Waals surface area contributed by atoms with Gasteiger partial charge in [0.1, 0.15) is 0 Å². The molecule has 0 spiro atoms. The van der Waals surface area contributed by atoms with Gasteiger partial charge < -0.3 is 14.2 Å². The van der Waals surface area contributed by atoms with Gasteiger partial charge in [-0.3, -0.25) is 0 Å². The number of nitrogens with zero attached hydrogens (tertiary/aromatic N) is 2. The fraction of sp³-hybridized carbons (Fsp3) is 0.304. The number of aryl methyl sites for hydroxylation is 1. The Morgan fingerprint density at radius 2 is 2.00 bits per heavy atom. The predicted molar refractivity (Wildman–Crippen MR) is 110 cm³/mol. The molecule has 2 heterocycles. The molecule has 4 heteroatoms. The van der Waals surface area contributed by atoms with Gasteiger partial charge >= 0.3 is 0 Å². The molecule has 0 amide bonds. The highest BCUT2D eigenvalue weighted by atomic mass is 19.1. The highest BCUT2D eigenvalue weighted by Gasteiger charge is 2.22. The van der Waals surface area contributed by atoms with Crippen LogP contribution in [0.1, 0.15) is 29.3 Å². The second kappa shape index (κ2) is 6.86. The molecule has 0 N–H and O–H groups in total. The van der Waals surface area contributed by atoms with Crippen molar-refractivity contribution < 1.29 is 9.13 Å². The lowest BCUT2D eigenvalue weighted by Crippen LogP contribution is -2.26. The van der Waals surface area contributed by atoms with E-state index in [1.807, 2.05) is 13.0 Å². The van der Waals surface area contributed by atoms with Crippen molar-refractivity contribution in [3.05, 3.63) is 64.6 Å². The first-order valence-corrected chi connectivity index (χ1v) is 9.31. The van der Waals surface area contributed by atoms with Gasteiger partial charge in [-0.05, 0) is 61.9 Å². The molecule has 3 aromatic rings. The highest BCUT2D eigenvalue weighted by Crippen LogP contribution is 2.33. The number of methoxy groups -OCH3 is 1. The molecule has 1 aliphatic heterocycles. The molecule has 27 heavy (non-hydrogen) atoms. The van der Waals surface area contributed by atoms with Crippen LogP contribution in [0.5, 0.6) is 5.75 Å². The summed E-state index contributed by atoms with van der Waals surface area (Å²) in [7, 11) is 3.65. The van der Waals surface area contributed by atoms with E-state index in [1.54, 1.807) is 12.1 Å². The number of fused-ring (bicyclic) bond motifs is 3. The third-order valence-corrected chi connectivity index (χ3v) is 5.46. The Bertz CT molecular complexity index is 1050. The molecule has 0 aliphatic carbocycles. The smallest absolute Gasteiger partial charge is 0.165 e. The molecule has 0 saturated heterocycles. The predicted octanol–water partition coefficient (Wildman–Crippen LogP) is 5.10. The van der Waals surface area contributed by atoms with E-state index in [0.29, 0.717) is 0 Å². The molecular formula is C23H25FN2O. The van der Waals surface area contributed by atoms with Crippen LogP contribution in [0, 0.1) is 12.7 Å². The number of ether oxygens (including phenoxy) is 1. The van der Waals surface area contributed by atoms with Crippen LogP contribution < -0.4 is 4.74 Å². The third kappa shape index (κ3) is 3.15. The Morgan fingerprint density at radius 3 is 2.74 bits per heavy atom. The summed E-state index contributed by atoms with van der Waals surface area (Å²) in [5.74, 6) is -0.0618.